The van der Waals surface area contributed by atoms with Crippen LogP contribution in [0.5, 0.6) is 0 Å². The average molecular weight is 278 g/mol. The Labute approximate surface area is 121 Å². The van der Waals surface area contributed by atoms with Gasteiger partial charge in [-0.2, -0.15) is 0 Å². The van der Waals surface area contributed by atoms with Gasteiger partial charge in [-0.15, -0.1) is 0 Å². The maximum atomic E-state index is 5.72. The van der Waals surface area contributed by atoms with Crippen LogP contribution in [0.2, 0.25) is 0 Å². The molecular weight excluding hydrogens is 252 g/mol. The molecule has 1 saturated heterocycles. The van der Waals surface area contributed by atoms with Crippen LogP contribution in [-0.4, -0.2) is 35.8 Å². The lowest BCUT2D eigenvalue weighted by molar-refractivity contribution is 0.0995. The summed E-state index contributed by atoms with van der Waals surface area (Å²) in [7, 11) is 1.88. The van der Waals surface area contributed by atoms with Crippen LogP contribution in [0.3, 0.4) is 0 Å². The van der Waals surface area contributed by atoms with Crippen molar-refractivity contribution >= 4 is 11.6 Å². The molecular formula is C15H26N4O. The van der Waals surface area contributed by atoms with Crippen molar-refractivity contribution in [3.05, 3.63) is 11.9 Å². The number of nitrogens with zero attached hydrogens (tertiary/aromatic N) is 2. The molecule has 0 radical (unpaired) electrons. The third-order valence-corrected chi connectivity index (χ3v) is 3.55. The minimum Gasteiger partial charge on any atom is -0.376 e. The molecule has 112 valence electrons. The quantitative estimate of drug-likeness (QED) is 0.887. The molecule has 1 aliphatic heterocycles. The summed E-state index contributed by atoms with van der Waals surface area (Å²) in [5.41, 5.74) is -0.0730. The molecule has 2 rings (SSSR count). The molecule has 0 bridgehead atoms. The first kappa shape index (κ1) is 15.0. The lowest BCUT2D eigenvalue weighted by Crippen LogP contribution is -2.31. The average Bonchev–Trinajstić information content (AvgIpc) is 2.91. The Kier molecular flexibility index (Phi) is 4.48. The standard InChI is InChI=1S/C15H26N4O/c1-10(11-7-6-8-20-11)17-13-9-12(16-5)18-14(19-13)15(2,3)4/h9-11H,6-8H2,1-5H3,(H2,16,17,18,19). The van der Waals surface area contributed by atoms with E-state index in [1.54, 1.807) is 0 Å². The van der Waals surface area contributed by atoms with Crippen molar-refractivity contribution in [3.63, 3.8) is 0 Å². The van der Waals surface area contributed by atoms with Crippen LogP contribution in [0.4, 0.5) is 11.6 Å². The molecule has 2 unspecified atom stereocenters. The minimum absolute atomic E-state index is 0.0730. The highest BCUT2D eigenvalue weighted by Gasteiger charge is 2.24. The van der Waals surface area contributed by atoms with E-state index in [2.05, 4.69) is 48.3 Å². The van der Waals surface area contributed by atoms with Gasteiger partial charge in [0, 0.05) is 25.1 Å². The molecule has 0 spiro atoms. The van der Waals surface area contributed by atoms with Gasteiger partial charge in [-0.3, -0.25) is 0 Å². The Hall–Kier alpha value is -1.36. The van der Waals surface area contributed by atoms with Crippen molar-refractivity contribution in [2.24, 2.45) is 0 Å². The largest absolute Gasteiger partial charge is 0.376 e. The van der Waals surface area contributed by atoms with Crippen molar-refractivity contribution in [1.29, 1.82) is 0 Å². The van der Waals surface area contributed by atoms with E-state index < -0.39 is 0 Å². The summed E-state index contributed by atoms with van der Waals surface area (Å²) in [5.74, 6) is 2.54. The normalized spacial score (nSPS) is 20.8. The van der Waals surface area contributed by atoms with Gasteiger partial charge in [0.2, 0.25) is 0 Å². The number of hydrogen-bond acceptors (Lipinski definition) is 5. The lowest BCUT2D eigenvalue weighted by Gasteiger charge is -2.23. The van der Waals surface area contributed by atoms with Crippen LogP contribution < -0.4 is 10.6 Å². The molecule has 2 N–H and O–H groups in total. The van der Waals surface area contributed by atoms with Gasteiger partial charge in [0.15, 0.2) is 0 Å². The molecule has 1 aromatic heterocycles. The van der Waals surface area contributed by atoms with Crippen LogP contribution in [-0.2, 0) is 10.2 Å². The van der Waals surface area contributed by atoms with Crippen molar-refractivity contribution in [3.8, 4) is 0 Å². The van der Waals surface area contributed by atoms with E-state index in [1.807, 2.05) is 13.1 Å². The van der Waals surface area contributed by atoms with Gasteiger partial charge in [0.25, 0.3) is 0 Å². The van der Waals surface area contributed by atoms with Crippen LogP contribution in [0.1, 0.15) is 46.4 Å². The van der Waals surface area contributed by atoms with E-state index in [4.69, 9.17) is 4.74 Å². The van der Waals surface area contributed by atoms with Gasteiger partial charge in [-0.1, -0.05) is 20.8 Å². The molecule has 2 atom stereocenters. The number of ether oxygens (including phenoxy) is 1. The first-order valence-corrected chi connectivity index (χ1v) is 7.35. The summed E-state index contributed by atoms with van der Waals surface area (Å²) >= 11 is 0. The second-order valence-corrected chi connectivity index (χ2v) is 6.45. The topological polar surface area (TPSA) is 59.1 Å². The van der Waals surface area contributed by atoms with Gasteiger partial charge in [0.1, 0.15) is 17.5 Å². The SMILES string of the molecule is CNc1cc(NC(C)C2CCCO2)nc(C(C)(C)C)n1. The molecule has 1 fully saturated rings. The van der Waals surface area contributed by atoms with Gasteiger partial charge in [-0.25, -0.2) is 9.97 Å². The molecule has 20 heavy (non-hydrogen) atoms. The highest BCUT2D eigenvalue weighted by molar-refractivity contribution is 5.48. The molecule has 2 heterocycles. The van der Waals surface area contributed by atoms with Gasteiger partial charge in [0.05, 0.1) is 12.1 Å². The maximum Gasteiger partial charge on any atom is 0.138 e. The number of nitrogens with one attached hydrogen (secondary N) is 2. The first-order valence-electron chi connectivity index (χ1n) is 7.35. The lowest BCUT2D eigenvalue weighted by atomic mass is 9.96. The predicted molar refractivity (Wildman–Crippen MR) is 82.3 cm³/mol. The Morgan fingerprint density at radius 3 is 2.55 bits per heavy atom. The van der Waals surface area contributed by atoms with Crippen molar-refractivity contribution in [2.75, 3.05) is 24.3 Å². The predicted octanol–water partition coefficient (Wildman–Crippen LogP) is 2.80. The Balaban J connectivity index is 2.17. The highest BCUT2D eigenvalue weighted by atomic mass is 16.5. The summed E-state index contributed by atoms with van der Waals surface area (Å²) in [5, 5.41) is 6.56. The van der Waals surface area contributed by atoms with E-state index in [-0.39, 0.29) is 17.6 Å². The van der Waals surface area contributed by atoms with Gasteiger partial charge in [-0.05, 0) is 19.8 Å². The fourth-order valence-electron chi connectivity index (χ4n) is 2.31. The van der Waals surface area contributed by atoms with Gasteiger partial charge >= 0.3 is 0 Å². The van der Waals surface area contributed by atoms with Crippen LogP contribution in [0.15, 0.2) is 6.07 Å². The minimum atomic E-state index is -0.0730. The summed E-state index contributed by atoms with van der Waals surface area (Å²) in [6, 6.07) is 2.20. The van der Waals surface area contributed by atoms with E-state index in [0.29, 0.717) is 0 Å². The number of anilines is 2. The van der Waals surface area contributed by atoms with Crippen molar-refractivity contribution in [1.82, 2.24) is 9.97 Å². The van der Waals surface area contributed by atoms with E-state index in [0.717, 1.165) is 36.9 Å². The molecule has 1 aliphatic rings. The fourth-order valence-corrected chi connectivity index (χ4v) is 2.31. The molecule has 0 aromatic carbocycles. The molecule has 0 amide bonds. The van der Waals surface area contributed by atoms with E-state index >= 15 is 0 Å². The third kappa shape index (κ3) is 3.60. The molecule has 5 nitrogen and oxygen atoms in total. The summed E-state index contributed by atoms with van der Waals surface area (Å²) < 4.78 is 5.72. The Morgan fingerprint density at radius 2 is 2.00 bits per heavy atom. The van der Waals surface area contributed by atoms with Crippen molar-refractivity contribution < 1.29 is 4.74 Å². The Bertz CT molecular complexity index is 450. The highest BCUT2D eigenvalue weighted by Crippen LogP contribution is 2.24. The van der Waals surface area contributed by atoms with Crippen molar-refractivity contribution in [2.45, 2.75) is 58.1 Å². The summed E-state index contributed by atoms with van der Waals surface area (Å²) in [4.78, 5) is 9.18. The Morgan fingerprint density at radius 1 is 1.30 bits per heavy atom. The maximum absolute atomic E-state index is 5.72. The fraction of sp³-hybridized carbons (Fsp3) is 0.733. The number of rotatable bonds is 4. The summed E-state index contributed by atoms with van der Waals surface area (Å²) in [6.45, 7) is 9.38. The first-order chi connectivity index (χ1) is 9.40. The van der Waals surface area contributed by atoms with Gasteiger partial charge < -0.3 is 15.4 Å². The number of hydrogen-bond donors (Lipinski definition) is 2. The molecule has 0 aliphatic carbocycles. The van der Waals surface area contributed by atoms with Crippen LogP contribution in [0.25, 0.3) is 0 Å². The number of aromatic nitrogens is 2. The monoisotopic (exact) mass is 278 g/mol. The second-order valence-electron chi connectivity index (χ2n) is 6.45. The van der Waals surface area contributed by atoms with Crippen LogP contribution in [0, 0.1) is 0 Å². The third-order valence-electron chi connectivity index (χ3n) is 3.55. The summed E-state index contributed by atoms with van der Waals surface area (Å²) in [6.07, 6.45) is 2.54. The zero-order valence-electron chi connectivity index (χ0n) is 13.2. The molecule has 0 saturated carbocycles. The van der Waals surface area contributed by atoms with E-state index in [9.17, 15) is 0 Å². The van der Waals surface area contributed by atoms with Crippen LogP contribution >= 0.6 is 0 Å². The zero-order valence-corrected chi connectivity index (χ0v) is 13.2. The zero-order chi connectivity index (χ0) is 14.8. The second kappa shape index (κ2) is 5.95. The molecule has 1 aromatic rings. The smallest absolute Gasteiger partial charge is 0.138 e. The van der Waals surface area contributed by atoms with E-state index in [1.165, 1.54) is 0 Å². The molecule has 5 heteroatoms.